The van der Waals surface area contributed by atoms with Crippen LogP contribution in [0.4, 0.5) is 5.13 Å². The molecule has 0 atom stereocenters. The topological polar surface area (TPSA) is 81.3 Å². The second kappa shape index (κ2) is 3.99. The number of anilines is 1. The van der Waals surface area contributed by atoms with Gasteiger partial charge in [0.25, 0.3) is 5.91 Å². The molecule has 1 aromatic rings. The average molecular weight is 242 g/mol. The molecular weight excluding hydrogens is 228 g/mol. The van der Waals surface area contributed by atoms with Crippen molar-refractivity contribution in [2.24, 2.45) is 0 Å². The van der Waals surface area contributed by atoms with Crippen LogP contribution in [-0.4, -0.2) is 46.3 Å². The van der Waals surface area contributed by atoms with E-state index in [2.05, 4.69) is 10.2 Å². The standard InChI is InChI=1S/C9H14N4O2S/c1-9(2)5-15-4-3-13(9)7(14)6-11-12-8(10)16-6/h3-5H2,1-2H3,(H2,10,12). The molecular formula is C9H14N4O2S. The summed E-state index contributed by atoms with van der Waals surface area (Å²) in [4.78, 5) is 13.9. The molecule has 16 heavy (non-hydrogen) atoms. The summed E-state index contributed by atoms with van der Waals surface area (Å²) in [6, 6.07) is 0. The molecule has 0 radical (unpaired) electrons. The Morgan fingerprint density at radius 3 is 2.88 bits per heavy atom. The maximum Gasteiger partial charge on any atom is 0.285 e. The molecule has 0 spiro atoms. The number of ether oxygens (including phenoxy) is 1. The largest absolute Gasteiger partial charge is 0.377 e. The van der Waals surface area contributed by atoms with E-state index in [1.807, 2.05) is 13.8 Å². The highest BCUT2D eigenvalue weighted by molar-refractivity contribution is 7.16. The van der Waals surface area contributed by atoms with E-state index in [-0.39, 0.29) is 11.4 Å². The van der Waals surface area contributed by atoms with Crippen LogP contribution < -0.4 is 5.73 Å². The predicted octanol–water partition coefficient (Wildman–Crippen LogP) is 0.371. The third-order valence-corrected chi connectivity index (χ3v) is 3.25. The molecule has 88 valence electrons. The third kappa shape index (κ3) is 2.00. The molecule has 2 rings (SSSR count). The first-order valence-corrected chi connectivity index (χ1v) is 5.81. The quantitative estimate of drug-likeness (QED) is 0.769. The SMILES string of the molecule is CC1(C)COCCN1C(=O)c1nnc(N)s1. The Bertz CT molecular complexity index is 404. The maximum atomic E-state index is 12.2. The summed E-state index contributed by atoms with van der Waals surface area (Å²) in [5, 5.41) is 8.07. The number of amides is 1. The fourth-order valence-corrected chi connectivity index (χ4v) is 2.23. The van der Waals surface area contributed by atoms with Gasteiger partial charge in [-0.1, -0.05) is 11.3 Å². The summed E-state index contributed by atoms with van der Waals surface area (Å²) in [6.45, 7) is 5.60. The number of carbonyl (C=O) groups is 1. The van der Waals surface area contributed by atoms with Crippen LogP contribution in [0.25, 0.3) is 0 Å². The van der Waals surface area contributed by atoms with Gasteiger partial charge in [-0.05, 0) is 13.8 Å². The lowest BCUT2D eigenvalue weighted by Gasteiger charge is -2.41. The van der Waals surface area contributed by atoms with E-state index in [4.69, 9.17) is 10.5 Å². The van der Waals surface area contributed by atoms with Crippen LogP contribution in [0.1, 0.15) is 23.6 Å². The summed E-state index contributed by atoms with van der Waals surface area (Å²) in [5.74, 6) is -0.123. The highest BCUT2D eigenvalue weighted by Gasteiger charge is 2.35. The highest BCUT2D eigenvalue weighted by atomic mass is 32.1. The van der Waals surface area contributed by atoms with Gasteiger partial charge in [0.1, 0.15) is 0 Å². The molecule has 2 heterocycles. The van der Waals surface area contributed by atoms with Gasteiger partial charge in [-0.15, -0.1) is 10.2 Å². The minimum atomic E-state index is -0.310. The predicted molar refractivity (Wildman–Crippen MR) is 60.3 cm³/mol. The van der Waals surface area contributed by atoms with E-state index in [0.29, 0.717) is 29.9 Å². The lowest BCUT2D eigenvalue weighted by atomic mass is 10.0. The Kier molecular flexibility index (Phi) is 2.81. The number of nitrogens with zero attached hydrogens (tertiary/aromatic N) is 3. The lowest BCUT2D eigenvalue weighted by molar-refractivity contribution is -0.0371. The second-order valence-corrected chi connectivity index (χ2v) is 5.28. The summed E-state index contributed by atoms with van der Waals surface area (Å²) >= 11 is 1.11. The molecule has 6 nitrogen and oxygen atoms in total. The number of carbonyl (C=O) groups excluding carboxylic acids is 1. The molecule has 0 unspecified atom stereocenters. The van der Waals surface area contributed by atoms with Crippen LogP contribution in [0.5, 0.6) is 0 Å². The number of nitrogen functional groups attached to an aromatic ring is 1. The Balaban J connectivity index is 2.20. The molecule has 0 bridgehead atoms. The van der Waals surface area contributed by atoms with Gasteiger partial charge in [0.05, 0.1) is 18.8 Å². The smallest absolute Gasteiger partial charge is 0.285 e. The van der Waals surface area contributed by atoms with Crippen LogP contribution >= 0.6 is 11.3 Å². The first kappa shape index (κ1) is 11.3. The Morgan fingerprint density at radius 1 is 1.56 bits per heavy atom. The van der Waals surface area contributed by atoms with Crippen molar-refractivity contribution in [3.8, 4) is 0 Å². The monoisotopic (exact) mass is 242 g/mol. The van der Waals surface area contributed by atoms with Crippen LogP contribution in [0.3, 0.4) is 0 Å². The molecule has 0 aromatic carbocycles. The van der Waals surface area contributed by atoms with Crippen molar-refractivity contribution in [1.29, 1.82) is 0 Å². The fourth-order valence-electron chi connectivity index (χ4n) is 1.67. The zero-order chi connectivity index (χ0) is 11.8. The minimum absolute atomic E-state index is 0.123. The molecule has 1 amide bonds. The van der Waals surface area contributed by atoms with Crippen molar-refractivity contribution in [2.75, 3.05) is 25.5 Å². The number of hydrogen-bond acceptors (Lipinski definition) is 6. The molecule has 7 heteroatoms. The molecule has 0 aliphatic carbocycles. The van der Waals surface area contributed by atoms with Crippen LogP contribution in [0, 0.1) is 0 Å². The van der Waals surface area contributed by atoms with E-state index >= 15 is 0 Å². The van der Waals surface area contributed by atoms with Crippen molar-refractivity contribution in [2.45, 2.75) is 19.4 Å². The molecule has 1 saturated heterocycles. The summed E-state index contributed by atoms with van der Waals surface area (Å²) < 4.78 is 5.36. The number of aromatic nitrogens is 2. The van der Waals surface area contributed by atoms with Gasteiger partial charge in [-0.25, -0.2) is 0 Å². The number of morpholine rings is 1. The summed E-state index contributed by atoms with van der Waals surface area (Å²) in [5.41, 5.74) is 5.15. The number of hydrogen-bond donors (Lipinski definition) is 1. The van der Waals surface area contributed by atoms with Crippen LogP contribution in [0.2, 0.25) is 0 Å². The van der Waals surface area contributed by atoms with Crippen LogP contribution in [-0.2, 0) is 4.74 Å². The second-order valence-electron chi connectivity index (χ2n) is 4.27. The average Bonchev–Trinajstić information content (AvgIpc) is 2.63. The van der Waals surface area contributed by atoms with Crippen molar-refractivity contribution in [3.05, 3.63) is 5.01 Å². The van der Waals surface area contributed by atoms with E-state index in [1.165, 1.54) is 0 Å². The molecule has 2 N–H and O–H groups in total. The van der Waals surface area contributed by atoms with E-state index in [1.54, 1.807) is 4.90 Å². The molecule has 0 saturated carbocycles. The fraction of sp³-hybridized carbons (Fsp3) is 0.667. The van der Waals surface area contributed by atoms with E-state index in [9.17, 15) is 4.79 Å². The first-order chi connectivity index (χ1) is 7.50. The first-order valence-electron chi connectivity index (χ1n) is 4.99. The van der Waals surface area contributed by atoms with E-state index in [0.717, 1.165) is 11.3 Å². The van der Waals surface area contributed by atoms with Crippen molar-refractivity contribution in [1.82, 2.24) is 15.1 Å². The van der Waals surface area contributed by atoms with E-state index < -0.39 is 0 Å². The molecule has 1 aliphatic rings. The Hall–Kier alpha value is -1.21. The van der Waals surface area contributed by atoms with Crippen molar-refractivity contribution >= 4 is 22.4 Å². The number of nitrogens with two attached hydrogens (primary N) is 1. The van der Waals surface area contributed by atoms with Crippen molar-refractivity contribution in [3.63, 3.8) is 0 Å². The summed E-state index contributed by atoms with van der Waals surface area (Å²) in [7, 11) is 0. The van der Waals surface area contributed by atoms with Gasteiger partial charge in [-0.3, -0.25) is 4.79 Å². The van der Waals surface area contributed by atoms with Gasteiger partial charge in [0.2, 0.25) is 10.1 Å². The molecule has 1 aromatic heterocycles. The Labute approximate surface area is 97.4 Å². The maximum absolute atomic E-state index is 12.2. The van der Waals surface area contributed by atoms with Gasteiger partial charge >= 0.3 is 0 Å². The molecule has 1 fully saturated rings. The van der Waals surface area contributed by atoms with Gasteiger partial charge in [0.15, 0.2) is 0 Å². The Morgan fingerprint density at radius 2 is 2.31 bits per heavy atom. The van der Waals surface area contributed by atoms with Crippen molar-refractivity contribution < 1.29 is 9.53 Å². The third-order valence-electron chi connectivity index (χ3n) is 2.51. The molecule has 1 aliphatic heterocycles. The van der Waals surface area contributed by atoms with Gasteiger partial charge < -0.3 is 15.4 Å². The van der Waals surface area contributed by atoms with Gasteiger partial charge in [0, 0.05) is 6.54 Å². The number of rotatable bonds is 1. The zero-order valence-corrected chi connectivity index (χ0v) is 10.1. The van der Waals surface area contributed by atoms with Crippen LogP contribution in [0.15, 0.2) is 0 Å². The lowest BCUT2D eigenvalue weighted by Crippen LogP contribution is -2.55. The highest BCUT2D eigenvalue weighted by Crippen LogP contribution is 2.23. The summed E-state index contributed by atoms with van der Waals surface area (Å²) in [6.07, 6.45) is 0. The zero-order valence-electron chi connectivity index (χ0n) is 9.27. The van der Waals surface area contributed by atoms with Gasteiger partial charge in [-0.2, -0.15) is 0 Å². The minimum Gasteiger partial charge on any atom is -0.377 e. The normalized spacial score (nSPS) is 19.8.